The summed E-state index contributed by atoms with van der Waals surface area (Å²) in [5, 5.41) is 0. The van der Waals surface area contributed by atoms with E-state index in [-0.39, 0.29) is 56.4 Å². The fourth-order valence-electron chi connectivity index (χ4n) is 3.91. The molecule has 1 aromatic carbocycles. The molecule has 0 amide bonds. The van der Waals surface area contributed by atoms with Crippen molar-refractivity contribution in [3.8, 4) is 0 Å². The molecule has 1 atom stereocenters. The van der Waals surface area contributed by atoms with Crippen molar-refractivity contribution in [1.29, 1.82) is 0 Å². The normalized spacial score (nSPS) is 16.8. The zero-order chi connectivity index (χ0) is 25.4. The molecule has 0 aromatic heterocycles. The second-order valence-electron chi connectivity index (χ2n) is 9.04. The van der Waals surface area contributed by atoms with Crippen LogP contribution in [0.5, 0.6) is 0 Å². The largest absolute Gasteiger partial charge is 2.00 e. The number of hydrogen-bond donors (Lipinski definition) is 0. The number of halogens is 3. The van der Waals surface area contributed by atoms with E-state index in [2.05, 4.69) is 4.85 Å². The summed E-state index contributed by atoms with van der Waals surface area (Å²) in [4.78, 5) is 26.8. The minimum Gasteiger partial charge on any atom is -0.457 e. The molecular formula is C26H36F3FeNO5S. The monoisotopic (exact) mass is 587 g/mol. The van der Waals surface area contributed by atoms with Gasteiger partial charge < -0.3 is 24.4 Å². The SMILES string of the molecule is C1CCCC1.[C-]#[N+]C(C)(COC(=O)C1CCCC1)CC(=O)c1ccc(S(=O)(=O)C(F)(F)F)cc1.[CH3-].[CH3-].[Fe+2]. The van der Waals surface area contributed by atoms with Gasteiger partial charge in [-0.25, -0.2) is 15.0 Å². The molecule has 0 N–H and O–H groups in total. The minimum absolute atomic E-state index is 0. The summed E-state index contributed by atoms with van der Waals surface area (Å²) in [6, 6.07) is 3.34. The summed E-state index contributed by atoms with van der Waals surface area (Å²) in [7, 11) is -5.50. The first kappa shape index (κ1) is 37.3. The molecule has 2 aliphatic carbocycles. The Morgan fingerprint density at radius 3 is 1.84 bits per heavy atom. The molecule has 210 valence electrons. The average Bonchev–Trinajstić information content (AvgIpc) is 3.54. The number of ether oxygens (including phenoxy) is 1. The number of ketones is 1. The van der Waals surface area contributed by atoms with Crippen molar-refractivity contribution in [2.24, 2.45) is 5.92 Å². The number of alkyl halides is 3. The van der Waals surface area contributed by atoms with Gasteiger partial charge in [-0.05, 0) is 25.0 Å². The topological polar surface area (TPSA) is 81.9 Å². The molecular weight excluding hydrogens is 551 g/mol. The first-order chi connectivity index (χ1) is 15.9. The van der Waals surface area contributed by atoms with Crippen molar-refractivity contribution in [2.75, 3.05) is 6.61 Å². The van der Waals surface area contributed by atoms with Crippen LogP contribution in [0.3, 0.4) is 0 Å². The number of carbonyl (C=O) groups is 2. The van der Waals surface area contributed by atoms with E-state index in [1.54, 1.807) is 0 Å². The summed E-state index contributed by atoms with van der Waals surface area (Å²) in [6.07, 6.45) is 10.5. The Balaban J connectivity index is 0. The van der Waals surface area contributed by atoms with Gasteiger partial charge in [0.05, 0.1) is 17.2 Å². The van der Waals surface area contributed by atoms with Crippen LogP contribution < -0.4 is 0 Å². The van der Waals surface area contributed by atoms with Crippen molar-refractivity contribution in [3.05, 3.63) is 56.1 Å². The predicted octanol–water partition coefficient (Wildman–Crippen LogP) is 6.81. The van der Waals surface area contributed by atoms with E-state index in [1.807, 2.05) is 0 Å². The first-order valence-corrected chi connectivity index (χ1v) is 12.9. The fourth-order valence-corrected chi connectivity index (χ4v) is 4.68. The average molecular weight is 587 g/mol. The molecule has 2 fully saturated rings. The maximum absolute atomic E-state index is 12.6. The number of hydrogen-bond acceptors (Lipinski definition) is 5. The van der Waals surface area contributed by atoms with Crippen LogP contribution in [0.25, 0.3) is 4.85 Å². The maximum atomic E-state index is 12.6. The Kier molecular flexibility index (Phi) is 16.3. The Morgan fingerprint density at radius 2 is 1.43 bits per heavy atom. The molecule has 6 nitrogen and oxygen atoms in total. The molecule has 1 unspecified atom stereocenters. The fraction of sp³-hybridized carbons (Fsp3) is 0.577. The summed E-state index contributed by atoms with van der Waals surface area (Å²) in [5.74, 6) is -1.16. The zero-order valence-electron chi connectivity index (χ0n) is 21.5. The molecule has 3 rings (SSSR count). The number of Topliss-reactive ketones (excluding diaryl/α,β-unsaturated/α-hetero) is 1. The van der Waals surface area contributed by atoms with Gasteiger partial charge in [-0.3, -0.25) is 9.59 Å². The van der Waals surface area contributed by atoms with Crippen LogP contribution in [-0.4, -0.2) is 37.8 Å². The number of rotatable bonds is 7. The van der Waals surface area contributed by atoms with Gasteiger partial charge in [-0.1, -0.05) is 57.1 Å². The van der Waals surface area contributed by atoms with Crippen molar-refractivity contribution in [1.82, 2.24) is 0 Å². The number of carbonyl (C=O) groups excluding carboxylic acids is 2. The van der Waals surface area contributed by atoms with Crippen LogP contribution in [0, 0.1) is 27.3 Å². The molecule has 11 heteroatoms. The van der Waals surface area contributed by atoms with E-state index >= 15 is 0 Å². The maximum Gasteiger partial charge on any atom is 2.00 e. The second-order valence-corrected chi connectivity index (χ2v) is 11.0. The van der Waals surface area contributed by atoms with E-state index in [4.69, 9.17) is 11.3 Å². The van der Waals surface area contributed by atoms with Crippen LogP contribution in [0.4, 0.5) is 13.2 Å². The number of esters is 1. The first-order valence-electron chi connectivity index (χ1n) is 11.4. The quantitative estimate of drug-likeness (QED) is 0.152. The molecule has 0 spiro atoms. The third kappa shape index (κ3) is 10.8. The second kappa shape index (κ2) is 16.2. The van der Waals surface area contributed by atoms with Gasteiger partial charge >= 0.3 is 28.5 Å². The van der Waals surface area contributed by atoms with Crippen molar-refractivity contribution >= 4 is 21.6 Å². The summed E-state index contributed by atoms with van der Waals surface area (Å²) in [5.41, 5.74) is -6.81. The van der Waals surface area contributed by atoms with Crippen molar-refractivity contribution < 1.29 is 53.0 Å². The molecule has 0 saturated heterocycles. The summed E-state index contributed by atoms with van der Waals surface area (Å²) >= 11 is 0. The molecule has 2 saturated carbocycles. The van der Waals surface area contributed by atoms with E-state index in [0.717, 1.165) is 37.8 Å². The Morgan fingerprint density at radius 1 is 0.973 bits per heavy atom. The van der Waals surface area contributed by atoms with Gasteiger partial charge in [0.25, 0.3) is 15.4 Å². The summed E-state index contributed by atoms with van der Waals surface area (Å²) < 4.78 is 65.7. The number of sulfone groups is 1. The van der Waals surface area contributed by atoms with Gasteiger partial charge in [-0.15, -0.1) is 0 Å². The number of benzene rings is 1. The summed E-state index contributed by atoms with van der Waals surface area (Å²) in [6.45, 7) is 8.50. The third-order valence-corrected chi connectivity index (χ3v) is 7.57. The van der Waals surface area contributed by atoms with Gasteiger partial charge in [0.2, 0.25) is 0 Å². The van der Waals surface area contributed by atoms with Crippen molar-refractivity contribution in [3.63, 3.8) is 0 Å². The van der Waals surface area contributed by atoms with Crippen LogP contribution in [-0.2, 0) is 36.4 Å². The minimum atomic E-state index is -5.50. The Hall–Kier alpha value is -1.89. The molecule has 37 heavy (non-hydrogen) atoms. The van der Waals surface area contributed by atoms with E-state index in [0.29, 0.717) is 12.1 Å². The third-order valence-electron chi connectivity index (χ3n) is 6.07. The smallest absolute Gasteiger partial charge is 0.457 e. The molecule has 0 bridgehead atoms. The van der Waals surface area contributed by atoms with E-state index in [9.17, 15) is 31.2 Å². The molecule has 2 aliphatic rings. The zero-order valence-corrected chi connectivity index (χ0v) is 23.5. The van der Waals surface area contributed by atoms with Crippen LogP contribution in [0.2, 0.25) is 0 Å². The standard InChI is InChI=1S/C19H20F3NO5S.C5H10.2CH3.Fe/c1-18(23-2,12-28-17(25)14-5-3-4-6-14)11-16(24)13-7-9-15(10-8-13)29(26,27)19(20,21)22;1-2-4-5-3-1;;;/h7-10,14H,3-6,11-12H2,1H3;1-5H2;2*1H3;/q;;2*-1;+2. The van der Waals surface area contributed by atoms with E-state index in [1.165, 1.54) is 39.0 Å². The van der Waals surface area contributed by atoms with Gasteiger partial charge in [0.15, 0.2) is 12.4 Å². The molecule has 1 aromatic rings. The number of nitrogens with zero attached hydrogens (tertiary/aromatic N) is 1. The Labute approximate surface area is 229 Å². The molecule has 0 aliphatic heterocycles. The molecule has 0 radical (unpaired) electrons. The van der Waals surface area contributed by atoms with Gasteiger partial charge in [-0.2, -0.15) is 13.2 Å². The van der Waals surface area contributed by atoms with E-state index < -0.39 is 37.5 Å². The predicted molar refractivity (Wildman–Crippen MR) is 132 cm³/mol. The van der Waals surface area contributed by atoms with Gasteiger partial charge in [0, 0.05) is 12.5 Å². The molecule has 0 heterocycles. The van der Waals surface area contributed by atoms with Crippen molar-refractivity contribution in [2.45, 2.75) is 87.1 Å². The van der Waals surface area contributed by atoms with Crippen LogP contribution in [0.15, 0.2) is 29.2 Å². The van der Waals surface area contributed by atoms with Crippen LogP contribution >= 0.6 is 0 Å². The van der Waals surface area contributed by atoms with Crippen LogP contribution in [0.1, 0.15) is 81.5 Å². The Bertz CT molecular complexity index is 989. The van der Waals surface area contributed by atoms with Gasteiger partial charge in [0.1, 0.15) is 0 Å².